The Bertz CT molecular complexity index is 524. The third kappa shape index (κ3) is 3.37. The summed E-state index contributed by atoms with van der Waals surface area (Å²) in [5.74, 6) is 0.613. The van der Waals surface area contributed by atoms with E-state index in [9.17, 15) is 9.90 Å². The molecule has 2 rings (SSSR count). The fraction of sp³-hybridized carbons (Fsp3) is 0.750. The van der Waals surface area contributed by atoms with Crippen molar-refractivity contribution < 1.29 is 19.4 Å². The summed E-state index contributed by atoms with van der Waals surface area (Å²) in [5, 5.41) is 9.81. The Morgan fingerprint density at radius 1 is 1.46 bits per heavy atom. The first-order valence-electron chi connectivity index (χ1n) is 8.93. The first-order valence-corrected chi connectivity index (χ1v) is 8.93. The number of hydrogen-bond acceptors (Lipinski definition) is 4. The Morgan fingerprint density at radius 2 is 2.17 bits per heavy atom. The summed E-state index contributed by atoms with van der Waals surface area (Å²) in [5.41, 5.74) is 1.52. The molecule has 0 radical (unpaired) electrons. The first-order chi connectivity index (χ1) is 11.3. The van der Waals surface area contributed by atoms with Crippen LogP contribution >= 0.6 is 0 Å². The van der Waals surface area contributed by atoms with E-state index in [0.717, 1.165) is 24.8 Å². The fourth-order valence-electron chi connectivity index (χ4n) is 4.29. The number of aliphatic hydroxyl groups excluding tert-OH is 1. The van der Waals surface area contributed by atoms with Gasteiger partial charge in [0, 0.05) is 29.9 Å². The molecule has 0 bridgehead atoms. The van der Waals surface area contributed by atoms with E-state index < -0.39 is 5.41 Å². The van der Waals surface area contributed by atoms with Crippen molar-refractivity contribution in [2.24, 2.45) is 16.7 Å². The molecule has 0 fully saturated rings. The maximum Gasteiger partial charge on any atom is 0.159 e. The molecule has 0 aromatic heterocycles. The topological polar surface area (TPSA) is 55.8 Å². The third-order valence-corrected chi connectivity index (χ3v) is 6.29. The van der Waals surface area contributed by atoms with Crippen molar-refractivity contribution in [3.05, 3.63) is 23.8 Å². The molecule has 24 heavy (non-hydrogen) atoms. The molecule has 0 amide bonds. The van der Waals surface area contributed by atoms with Gasteiger partial charge in [0.2, 0.25) is 0 Å². The maximum atomic E-state index is 12.6. The third-order valence-electron chi connectivity index (χ3n) is 6.29. The van der Waals surface area contributed by atoms with Crippen molar-refractivity contribution in [3.8, 4) is 0 Å². The summed E-state index contributed by atoms with van der Waals surface area (Å²) < 4.78 is 11.2. The number of carbonyl (C=O) groups is 1. The number of ketones is 1. The van der Waals surface area contributed by atoms with Crippen LogP contribution in [-0.2, 0) is 14.3 Å². The van der Waals surface area contributed by atoms with Crippen LogP contribution in [0.1, 0.15) is 52.9 Å². The highest BCUT2D eigenvalue weighted by molar-refractivity contribution is 6.00. The van der Waals surface area contributed by atoms with E-state index in [2.05, 4.69) is 20.4 Å². The Morgan fingerprint density at radius 3 is 2.75 bits per heavy atom. The van der Waals surface area contributed by atoms with Crippen LogP contribution in [0.4, 0.5) is 0 Å². The van der Waals surface area contributed by atoms with E-state index in [1.165, 1.54) is 5.57 Å². The number of aliphatic hydroxyl groups is 1. The lowest BCUT2D eigenvalue weighted by molar-refractivity contribution is -0.138. The van der Waals surface area contributed by atoms with Crippen LogP contribution in [0.2, 0.25) is 0 Å². The molecule has 4 atom stereocenters. The van der Waals surface area contributed by atoms with Crippen LogP contribution in [0, 0.1) is 16.7 Å². The molecule has 0 unspecified atom stereocenters. The Kier molecular flexibility index (Phi) is 6.05. The number of carbonyl (C=O) groups excluding carboxylic acids is 1. The van der Waals surface area contributed by atoms with Crippen LogP contribution in [0.25, 0.3) is 0 Å². The first kappa shape index (κ1) is 19.4. The van der Waals surface area contributed by atoms with Gasteiger partial charge < -0.3 is 14.6 Å². The van der Waals surface area contributed by atoms with Gasteiger partial charge in [-0.05, 0) is 31.6 Å². The second-order valence-corrected chi connectivity index (χ2v) is 7.91. The van der Waals surface area contributed by atoms with E-state index in [1.54, 1.807) is 13.2 Å². The molecule has 2 aliphatic rings. The Labute approximate surface area is 145 Å². The molecule has 4 heteroatoms. The van der Waals surface area contributed by atoms with Crippen molar-refractivity contribution in [1.29, 1.82) is 0 Å². The van der Waals surface area contributed by atoms with Gasteiger partial charge in [0.15, 0.2) is 5.78 Å². The summed E-state index contributed by atoms with van der Waals surface area (Å²) in [6, 6.07) is 0. The number of rotatable bonds is 8. The van der Waals surface area contributed by atoms with Crippen molar-refractivity contribution in [1.82, 2.24) is 0 Å². The van der Waals surface area contributed by atoms with Crippen molar-refractivity contribution in [2.75, 3.05) is 20.5 Å². The second kappa shape index (κ2) is 7.51. The molecule has 136 valence electrons. The number of Topliss-reactive ketones (excluding diaryl/α,β-unsaturated/α-hetero) is 1. The van der Waals surface area contributed by atoms with E-state index in [-0.39, 0.29) is 30.7 Å². The summed E-state index contributed by atoms with van der Waals surface area (Å²) in [7, 11) is 1.61. The minimum Gasteiger partial charge on any atom is -0.395 e. The quantitative estimate of drug-likeness (QED) is 0.543. The van der Waals surface area contributed by atoms with Gasteiger partial charge in [-0.3, -0.25) is 4.79 Å². The average molecular weight is 336 g/mol. The number of ether oxygens (including phenoxy) is 2. The monoisotopic (exact) mass is 336 g/mol. The van der Waals surface area contributed by atoms with Gasteiger partial charge in [-0.25, -0.2) is 0 Å². The zero-order chi connectivity index (χ0) is 18.0. The molecule has 0 aromatic carbocycles. The summed E-state index contributed by atoms with van der Waals surface area (Å²) in [6.07, 6.45) is 5.82. The molecular formula is C20H32O4. The number of hydrogen-bond donors (Lipinski definition) is 1. The SMILES string of the molecule is C=C[C@@](C)(CO)C[C@@H](OCOC)[C@@]1(C)C2=C(CCC2=O)CC[C@H]1C. The van der Waals surface area contributed by atoms with Gasteiger partial charge in [-0.1, -0.05) is 32.4 Å². The minimum atomic E-state index is -0.443. The molecular weight excluding hydrogens is 304 g/mol. The molecule has 2 aliphatic carbocycles. The van der Waals surface area contributed by atoms with E-state index in [0.29, 0.717) is 18.8 Å². The summed E-state index contributed by atoms with van der Waals surface area (Å²) >= 11 is 0. The zero-order valence-electron chi connectivity index (χ0n) is 15.6. The highest BCUT2D eigenvalue weighted by Gasteiger charge is 2.51. The number of methoxy groups -OCH3 is 1. The second-order valence-electron chi connectivity index (χ2n) is 7.91. The average Bonchev–Trinajstić information content (AvgIpc) is 2.96. The molecule has 0 spiro atoms. The van der Waals surface area contributed by atoms with E-state index in [1.807, 2.05) is 6.92 Å². The highest BCUT2D eigenvalue weighted by atomic mass is 16.7. The lowest BCUT2D eigenvalue weighted by Crippen LogP contribution is -2.47. The smallest absolute Gasteiger partial charge is 0.159 e. The van der Waals surface area contributed by atoms with Gasteiger partial charge in [0.05, 0.1) is 12.7 Å². The standard InChI is InChI=1S/C20H32O4/c1-6-19(3,12-21)11-17(24-13-23-5)20(4)14(2)7-8-15-9-10-16(22)18(15)20/h6,14,17,21H,1,7-13H2,2-5H3/t14-,17-,19-,20+/m1/s1. The molecule has 0 heterocycles. The number of allylic oxidation sites excluding steroid dienone is 1. The van der Waals surface area contributed by atoms with E-state index >= 15 is 0 Å². The lowest BCUT2D eigenvalue weighted by atomic mass is 9.60. The summed E-state index contributed by atoms with van der Waals surface area (Å²) in [4.78, 5) is 12.6. The van der Waals surface area contributed by atoms with Crippen molar-refractivity contribution >= 4 is 5.78 Å². The van der Waals surface area contributed by atoms with Crippen LogP contribution < -0.4 is 0 Å². The Balaban J connectivity index is 2.43. The van der Waals surface area contributed by atoms with Gasteiger partial charge in [-0.2, -0.15) is 0 Å². The predicted molar refractivity (Wildman–Crippen MR) is 94.5 cm³/mol. The molecule has 0 aromatic rings. The van der Waals surface area contributed by atoms with Gasteiger partial charge in [0.1, 0.15) is 6.79 Å². The molecule has 0 saturated heterocycles. The Hall–Kier alpha value is -0.970. The molecule has 1 N–H and O–H groups in total. The predicted octanol–water partition coefficient (Wildman–Crippen LogP) is 3.65. The minimum absolute atomic E-state index is 0.00759. The summed E-state index contributed by atoms with van der Waals surface area (Å²) in [6.45, 7) is 10.4. The van der Waals surface area contributed by atoms with E-state index in [4.69, 9.17) is 9.47 Å². The van der Waals surface area contributed by atoms with Crippen LogP contribution in [-0.4, -0.2) is 37.5 Å². The van der Waals surface area contributed by atoms with Crippen molar-refractivity contribution in [3.63, 3.8) is 0 Å². The highest BCUT2D eigenvalue weighted by Crippen LogP contribution is 2.54. The van der Waals surface area contributed by atoms with Gasteiger partial charge in [0.25, 0.3) is 0 Å². The van der Waals surface area contributed by atoms with Crippen LogP contribution in [0.3, 0.4) is 0 Å². The largest absolute Gasteiger partial charge is 0.395 e. The van der Waals surface area contributed by atoms with Gasteiger partial charge in [-0.15, -0.1) is 6.58 Å². The fourth-order valence-corrected chi connectivity index (χ4v) is 4.29. The van der Waals surface area contributed by atoms with Crippen molar-refractivity contribution in [2.45, 2.75) is 59.0 Å². The van der Waals surface area contributed by atoms with Gasteiger partial charge >= 0.3 is 0 Å². The lowest BCUT2D eigenvalue weighted by Gasteiger charge is -2.48. The van der Waals surface area contributed by atoms with Crippen LogP contribution in [0.15, 0.2) is 23.8 Å². The zero-order valence-corrected chi connectivity index (χ0v) is 15.6. The maximum absolute atomic E-state index is 12.6. The van der Waals surface area contributed by atoms with Crippen LogP contribution in [0.5, 0.6) is 0 Å². The molecule has 0 aliphatic heterocycles. The normalized spacial score (nSPS) is 30.9. The molecule has 4 nitrogen and oxygen atoms in total. The molecule has 0 saturated carbocycles.